The van der Waals surface area contributed by atoms with Crippen LogP contribution >= 0.6 is 0 Å². The molecule has 0 fully saturated rings. The number of nitrogens with two attached hydrogens (primary N) is 1. The molecule has 6 nitrogen and oxygen atoms in total. The summed E-state index contributed by atoms with van der Waals surface area (Å²) in [5, 5.41) is 7.85. The van der Waals surface area contributed by atoms with Gasteiger partial charge in [0.25, 0.3) is 0 Å². The Morgan fingerprint density at radius 2 is 2.04 bits per heavy atom. The highest BCUT2D eigenvalue weighted by molar-refractivity contribution is 5.95. The zero-order chi connectivity index (χ0) is 18.0. The molecule has 1 aromatic carbocycles. The second-order valence-electron chi connectivity index (χ2n) is 6.05. The van der Waals surface area contributed by atoms with Gasteiger partial charge in [-0.1, -0.05) is 12.1 Å². The highest BCUT2D eigenvalue weighted by atomic mass is 16.1. The van der Waals surface area contributed by atoms with Crippen LogP contribution in [0.25, 0.3) is 5.82 Å². The first-order chi connectivity index (χ1) is 12.0. The van der Waals surface area contributed by atoms with Crippen molar-refractivity contribution < 1.29 is 4.79 Å². The van der Waals surface area contributed by atoms with Crippen LogP contribution in [-0.2, 0) is 0 Å². The highest BCUT2D eigenvalue weighted by Crippen LogP contribution is 2.24. The van der Waals surface area contributed by atoms with Gasteiger partial charge in [0.2, 0.25) is 5.91 Å². The predicted octanol–water partition coefficient (Wildman–Crippen LogP) is 3.16. The zero-order valence-electron chi connectivity index (χ0n) is 14.5. The normalized spacial score (nSPS) is 12.0. The van der Waals surface area contributed by atoms with Crippen molar-refractivity contribution in [2.75, 3.05) is 5.32 Å². The summed E-state index contributed by atoms with van der Waals surface area (Å²) < 4.78 is 1.82. The van der Waals surface area contributed by atoms with Crippen LogP contribution in [0.3, 0.4) is 0 Å². The molecule has 3 aromatic rings. The van der Waals surface area contributed by atoms with Crippen molar-refractivity contribution in [2.45, 2.75) is 26.8 Å². The van der Waals surface area contributed by atoms with Crippen LogP contribution in [-0.4, -0.2) is 20.7 Å². The van der Waals surface area contributed by atoms with Gasteiger partial charge < -0.3 is 11.1 Å². The SMILES string of the molecule is Cc1ccc(N[C@@H](C)c2cnn(-c3ccccn3)c2C)cc1C(N)=O. The smallest absolute Gasteiger partial charge is 0.249 e. The molecular weight excluding hydrogens is 314 g/mol. The van der Waals surface area contributed by atoms with E-state index >= 15 is 0 Å². The Labute approximate surface area is 146 Å². The number of carbonyl (C=O) groups is 1. The Morgan fingerprint density at radius 3 is 2.72 bits per heavy atom. The average Bonchev–Trinajstić information content (AvgIpc) is 2.98. The molecule has 1 atom stereocenters. The molecule has 25 heavy (non-hydrogen) atoms. The molecule has 2 heterocycles. The summed E-state index contributed by atoms with van der Waals surface area (Å²) in [6, 6.07) is 11.4. The van der Waals surface area contributed by atoms with Gasteiger partial charge in [0.05, 0.1) is 12.2 Å². The summed E-state index contributed by atoms with van der Waals surface area (Å²) in [5.74, 6) is 0.359. The van der Waals surface area contributed by atoms with Gasteiger partial charge in [-0.05, 0) is 50.6 Å². The zero-order valence-corrected chi connectivity index (χ0v) is 14.5. The monoisotopic (exact) mass is 335 g/mol. The number of nitrogens with zero attached hydrogens (tertiary/aromatic N) is 3. The van der Waals surface area contributed by atoms with Crippen LogP contribution in [0.15, 0.2) is 48.8 Å². The minimum atomic E-state index is -0.423. The molecule has 2 aromatic heterocycles. The van der Waals surface area contributed by atoms with Gasteiger partial charge in [-0.3, -0.25) is 4.79 Å². The van der Waals surface area contributed by atoms with E-state index in [9.17, 15) is 4.79 Å². The molecule has 0 bridgehead atoms. The Bertz CT molecular complexity index is 901. The molecule has 0 radical (unpaired) electrons. The molecule has 6 heteroatoms. The van der Waals surface area contributed by atoms with Crippen LogP contribution in [0.2, 0.25) is 0 Å². The largest absolute Gasteiger partial charge is 0.378 e. The lowest BCUT2D eigenvalue weighted by molar-refractivity contribution is 0.0999. The Morgan fingerprint density at radius 1 is 1.24 bits per heavy atom. The van der Waals surface area contributed by atoms with Gasteiger partial charge >= 0.3 is 0 Å². The van der Waals surface area contributed by atoms with Crippen LogP contribution in [0.5, 0.6) is 0 Å². The Hall–Kier alpha value is -3.15. The maximum atomic E-state index is 11.5. The maximum Gasteiger partial charge on any atom is 0.249 e. The minimum absolute atomic E-state index is 0.0147. The molecule has 3 rings (SSSR count). The van der Waals surface area contributed by atoms with E-state index in [2.05, 4.69) is 22.3 Å². The summed E-state index contributed by atoms with van der Waals surface area (Å²) in [6.07, 6.45) is 3.58. The molecular formula is C19H21N5O. The van der Waals surface area contributed by atoms with Crippen molar-refractivity contribution in [3.05, 3.63) is 71.2 Å². The van der Waals surface area contributed by atoms with Crippen molar-refractivity contribution in [3.8, 4) is 5.82 Å². The topological polar surface area (TPSA) is 85.8 Å². The third-order valence-electron chi connectivity index (χ3n) is 4.27. The van der Waals surface area contributed by atoms with E-state index in [-0.39, 0.29) is 6.04 Å². The number of nitrogens with one attached hydrogen (secondary N) is 1. The van der Waals surface area contributed by atoms with E-state index in [1.807, 2.05) is 55.1 Å². The predicted molar refractivity (Wildman–Crippen MR) is 97.8 cm³/mol. The summed E-state index contributed by atoms with van der Waals surface area (Å²) in [4.78, 5) is 15.9. The number of anilines is 1. The summed E-state index contributed by atoms with van der Waals surface area (Å²) in [6.45, 7) is 5.93. The molecule has 1 amide bonds. The van der Waals surface area contributed by atoms with Gasteiger partial charge in [-0.25, -0.2) is 9.67 Å². The van der Waals surface area contributed by atoms with Gasteiger partial charge in [0, 0.05) is 28.7 Å². The van der Waals surface area contributed by atoms with E-state index in [4.69, 9.17) is 5.73 Å². The lowest BCUT2D eigenvalue weighted by Gasteiger charge is -2.16. The molecule has 0 aliphatic heterocycles. The molecule has 0 aliphatic carbocycles. The quantitative estimate of drug-likeness (QED) is 0.750. The Kier molecular flexibility index (Phi) is 4.52. The fraction of sp³-hybridized carbons (Fsp3) is 0.211. The molecule has 0 spiro atoms. The van der Waals surface area contributed by atoms with E-state index in [0.717, 1.165) is 28.3 Å². The summed E-state index contributed by atoms with van der Waals surface area (Å²) >= 11 is 0. The van der Waals surface area contributed by atoms with E-state index in [1.165, 1.54) is 0 Å². The molecule has 0 aliphatic rings. The first-order valence-corrected chi connectivity index (χ1v) is 8.10. The first kappa shape index (κ1) is 16.7. The Balaban J connectivity index is 1.85. The fourth-order valence-electron chi connectivity index (χ4n) is 2.86. The van der Waals surface area contributed by atoms with Crippen molar-refractivity contribution in [1.82, 2.24) is 14.8 Å². The molecule has 0 saturated carbocycles. The lowest BCUT2D eigenvalue weighted by Crippen LogP contribution is -2.14. The summed E-state index contributed by atoms with van der Waals surface area (Å²) in [5.41, 5.74) is 9.74. The molecule has 3 N–H and O–H groups in total. The second-order valence-corrected chi connectivity index (χ2v) is 6.05. The standard InChI is InChI=1S/C19H21N5O/c1-12-7-8-15(10-16(12)19(20)25)23-13(2)17-11-22-24(14(17)3)18-6-4-5-9-21-18/h4-11,13,23H,1-3H3,(H2,20,25)/t13-/m0/s1. The van der Waals surface area contributed by atoms with E-state index < -0.39 is 5.91 Å². The number of aromatic nitrogens is 3. The number of pyridine rings is 1. The number of hydrogen-bond acceptors (Lipinski definition) is 4. The highest BCUT2D eigenvalue weighted by Gasteiger charge is 2.15. The van der Waals surface area contributed by atoms with Crippen molar-refractivity contribution in [3.63, 3.8) is 0 Å². The number of carbonyl (C=O) groups excluding carboxylic acids is 1. The van der Waals surface area contributed by atoms with Crippen molar-refractivity contribution in [1.29, 1.82) is 0 Å². The van der Waals surface area contributed by atoms with Crippen molar-refractivity contribution >= 4 is 11.6 Å². The van der Waals surface area contributed by atoms with E-state index in [0.29, 0.717) is 5.56 Å². The number of benzene rings is 1. The van der Waals surface area contributed by atoms with Gasteiger partial charge in [0.1, 0.15) is 0 Å². The van der Waals surface area contributed by atoms with Crippen LogP contribution in [0.1, 0.15) is 40.1 Å². The summed E-state index contributed by atoms with van der Waals surface area (Å²) in [7, 11) is 0. The second kappa shape index (κ2) is 6.76. The average molecular weight is 335 g/mol. The van der Waals surface area contributed by atoms with Gasteiger partial charge in [-0.15, -0.1) is 0 Å². The maximum absolute atomic E-state index is 11.5. The van der Waals surface area contributed by atoms with Gasteiger partial charge in [-0.2, -0.15) is 5.10 Å². The molecule has 0 saturated heterocycles. The fourth-order valence-corrected chi connectivity index (χ4v) is 2.86. The van der Waals surface area contributed by atoms with Gasteiger partial charge in [0.15, 0.2) is 5.82 Å². The van der Waals surface area contributed by atoms with Crippen LogP contribution in [0.4, 0.5) is 5.69 Å². The third kappa shape index (κ3) is 3.38. The van der Waals surface area contributed by atoms with Crippen LogP contribution < -0.4 is 11.1 Å². The minimum Gasteiger partial charge on any atom is -0.378 e. The van der Waals surface area contributed by atoms with E-state index in [1.54, 1.807) is 12.3 Å². The number of primary amides is 1. The molecule has 128 valence electrons. The number of rotatable bonds is 5. The van der Waals surface area contributed by atoms with Crippen LogP contribution in [0, 0.1) is 13.8 Å². The van der Waals surface area contributed by atoms with Crippen molar-refractivity contribution in [2.24, 2.45) is 5.73 Å². The number of aryl methyl sites for hydroxylation is 1. The number of hydrogen-bond donors (Lipinski definition) is 2. The molecule has 0 unspecified atom stereocenters. The lowest BCUT2D eigenvalue weighted by atomic mass is 10.1. The first-order valence-electron chi connectivity index (χ1n) is 8.10. The number of amides is 1. The third-order valence-corrected chi connectivity index (χ3v) is 4.27.